The molecule has 1 rings (SSSR count). The molecule has 58 valence electrons. The molecule has 1 fully saturated rings. The molecule has 0 atom stereocenters. The van der Waals surface area contributed by atoms with Crippen LogP contribution in [-0.2, 0) is 0 Å². The highest BCUT2D eigenvalue weighted by molar-refractivity contribution is 5.04. The van der Waals surface area contributed by atoms with Gasteiger partial charge in [0.1, 0.15) is 5.82 Å². The van der Waals surface area contributed by atoms with E-state index < -0.39 is 0 Å². The van der Waals surface area contributed by atoms with Gasteiger partial charge < -0.3 is 15.5 Å². The molecule has 0 aromatic rings. The summed E-state index contributed by atoms with van der Waals surface area (Å²) in [7, 11) is 4.18. The minimum atomic E-state index is 0.629. The molecular weight excluding hydrogens is 126 g/mol. The fourth-order valence-corrected chi connectivity index (χ4v) is 1.24. The van der Waals surface area contributed by atoms with E-state index in [1.165, 1.54) is 5.82 Å². The highest BCUT2D eigenvalue weighted by atomic mass is 15.4. The lowest BCUT2D eigenvalue weighted by molar-refractivity contribution is 0.421. The maximum Gasteiger partial charge on any atom is 0.101 e. The number of nitrogens with two attached hydrogens (primary N) is 1. The van der Waals surface area contributed by atoms with Crippen LogP contribution in [0.3, 0.4) is 0 Å². The first kappa shape index (κ1) is 7.41. The molecule has 0 aliphatic carbocycles. The van der Waals surface area contributed by atoms with Crippen molar-refractivity contribution >= 4 is 0 Å². The Morgan fingerprint density at radius 2 is 1.90 bits per heavy atom. The molecule has 3 heteroatoms. The third kappa shape index (κ3) is 1.24. The highest BCUT2D eigenvalue weighted by Crippen LogP contribution is 2.12. The van der Waals surface area contributed by atoms with E-state index in [1.54, 1.807) is 0 Å². The minimum Gasteiger partial charge on any atom is -0.360 e. The summed E-state index contributed by atoms with van der Waals surface area (Å²) < 4.78 is 0. The smallest absolute Gasteiger partial charge is 0.101 e. The van der Waals surface area contributed by atoms with E-state index >= 15 is 0 Å². The number of hydrogen-bond acceptors (Lipinski definition) is 3. The summed E-state index contributed by atoms with van der Waals surface area (Å²) in [5.74, 6) is 1.25. The number of nitrogens with zero attached hydrogens (tertiary/aromatic N) is 2. The molecule has 1 aliphatic rings. The SMILES string of the molecule is CN1CCN(C)C1=CCN. The first-order valence-electron chi connectivity index (χ1n) is 3.58. The summed E-state index contributed by atoms with van der Waals surface area (Å²) in [4.78, 5) is 4.43. The molecule has 2 N–H and O–H groups in total. The summed E-state index contributed by atoms with van der Waals surface area (Å²) in [5.41, 5.74) is 5.40. The summed E-state index contributed by atoms with van der Waals surface area (Å²) >= 11 is 0. The van der Waals surface area contributed by atoms with Crippen LogP contribution in [0.5, 0.6) is 0 Å². The molecule has 0 saturated carbocycles. The van der Waals surface area contributed by atoms with Crippen molar-refractivity contribution in [2.75, 3.05) is 33.7 Å². The Bertz CT molecular complexity index is 130. The lowest BCUT2D eigenvalue weighted by Crippen LogP contribution is -2.17. The molecule has 0 bridgehead atoms. The number of likely N-dealkylation sites (N-methyl/N-ethyl adjacent to an activating group) is 2. The van der Waals surface area contributed by atoms with Crippen molar-refractivity contribution in [2.24, 2.45) is 5.73 Å². The Morgan fingerprint density at radius 3 is 2.30 bits per heavy atom. The highest BCUT2D eigenvalue weighted by Gasteiger charge is 2.16. The van der Waals surface area contributed by atoms with Crippen molar-refractivity contribution in [3.63, 3.8) is 0 Å². The molecule has 0 aromatic heterocycles. The fraction of sp³-hybridized carbons (Fsp3) is 0.714. The van der Waals surface area contributed by atoms with Crippen molar-refractivity contribution in [1.29, 1.82) is 0 Å². The molecule has 1 saturated heterocycles. The number of rotatable bonds is 1. The van der Waals surface area contributed by atoms with Crippen LogP contribution in [0.15, 0.2) is 11.9 Å². The Balaban J connectivity index is 2.62. The molecule has 0 aromatic carbocycles. The van der Waals surface area contributed by atoms with Gasteiger partial charge in [0.2, 0.25) is 0 Å². The first-order chi connectivity index (χ1) is 4.75. The van der Waals surface area contributed by atoms with Gasteiger partial charge in [0, 0.05) is 33.7 Å². The van der Waals surface area contributed by atoms with Gasteiger partial charge in [0.15, 0.2) is 0 Å². The normalized spacial score (nSPS) is 18.5. The zero-order chi connectivity index (χ0) is 7.56. The van der Waals surface area contributed by atoms with Crippen molar-refractivity contribution in [3.8, 4) is 0 Å². The van der Waals surface area contributed by atoms with E-state index in [4.69, 9.17) is 5.73 Å². The summed E-state index contributed by atoms with van der Waals surface area (Å²) in [6.45, 7) is 2.86. The zero-order valence-corrected chi connectivity index (χ0v) is 6.67. The lowest BCUT2D eigenvalue weighted by atomic mass is 10.5. The predicted octanol–water partition coefficient (Wildman–Crippen LogP) is -0.336. The summed E-state index contributed by atoms with van der Waals surface area (Å²) in [6.07, 6.45) is 2.05. The lowest BCUT2D eigenvalue weighted by Gasteiger charge is -2.16. The quantitative estimate of drug-likeness (QED) is 0.542. The third-order valence-corrected chi connectivity index (χ3v) is 1.85. The average Bonchev–Trinajstić information content (AvgIpc) is 2.20. The van der Waals surface area contributed by atoms with E-state index in [9.17, 15) is 0 Å². The first-order valence-corrected chi connectivity index (χ1v) is 3.58. The topological polar surface area (TPSA) is 32.5 Å². The minimum absolute atomic E-state index is 0.629. The van der Waals surface area contributed by atoms with Gasteiger partial charge in [-0.1, -0.05) is 0 Å². The molecule has 3 nitrogen and oxygen atoms in total. The van der Waals surface area contributed by atoms with E-state index in [1.807, 2.05) is 6.08 Å². The van der Waals surface area contributed by atoms with E-state index in [2.05, 4.69) is 23.9 Å². The summed E-state index contributed by atoms with van der Waals surface area (Å²) in [6, 6.07) is 0. The van der Waals surface area contributed by atoms with Gasteiger partial charge in [-0.25, -0.2) is 0 Å². The van der Waals surface area contributed by atoms with Crippen LogP contribution in [0.2, 0.25) is 0 Å². The second-order valence-electron chi connectivity index (χ2n) is 2.64. The average molecular weight is 141 g/mol. The van der Waals surface area contributed by atoms with Crippen molar-refractivity contribution in [1.82, 2.24) is 9.80 Å². The molecule has 0 spiro atoms. The largest absolute Gasteiger partial charge is 0.360 e. The van der Waals surface area contributed by atoms with Gasteiger partial charge in [-0.3, -0.25) is 0 Å². The maximum absolute atomic E-state index is 5.40. The second-order valence-corrected chi connectivity index (χ2v) is 2.64. The standard InChI is InChI=1S/C7H15N3/c1-9-5-6-10(2)7(9)3-4-8/h3H,4-6,8H2,1-2H3. The van der Waals surface area contributed by atoms with E-state index in [0.29, 0.717) is 6.54 Å². The fourth-order valence-electron chi connectivity index (χ4n) is 1.24. The number of hydrogen-bond donors (Lipinski definition) is 1. The van der Waals surface area contributed by atoms with Crippen LogP contribution >= 0.6 is 0 Å². The molecular formula is C7H15N3. The third-order valence-electron chi connectivity index (χ3n) is 1.85. The maximum atomic E-state index is 5.40. The van der Waals surface area contributed by atoms with Crippen LogP contribution in [0.1, 0.15) is 0 Å². The van der Waals surface area contributed by atoms with Gasteiger partial charge in [0.25, 0.3) is 0 Å². The van der Waals surface area contributed by atoms with Crippen LogP contribution < -0.4 is 5.73 Å². The zero-order valence-electron chi connectivity index (χ0n) is 6.67. The predicted molar refractivity (Wildman–Crippen MR) is 42.4 cm³/mol. The van der Waals surface area contributed by atoms with Crippen molar-refractivity contribution in [3.05, 3.63) is 11.9 Å². The molecule has 0 unspecified atom stereocenters. The Labute approximate surface area is 62.1 Å². The Hall–Kier alpha value is -0.700. The van der Waals surface area contributed by atoms with Crippen LogP contribution in [-0.4, -0.2) is 43.5 Å². The van der Waals surface area contributed by atoms with Crippen molar-refractivity contribution < 1.29 is 0 Å². The van der Waals surface area contributed by atoms with Gasteiger partial charge in [-0.05, 0) is 6.08 Å². The Morgan fingerprint density at radius 1 is 1.40 bits per heavy atom. The molecule has 1 heterocycles. The molecule has 1 aliphatic heterocycles. The molecule has 0 amide bonds. The Kier molecular flexibility index (Phi) is 2.17. The van der Waals surface area contributed by atoms with E-state index in [0.717, 1.165) is 13.1 Å². The van der Waals surface area contributed by atoms with Gasteiger partial charge >= 0.3 is 0 Å². The van der Waals surface area contributed by atoms with Crippen LogP contribution in [0, 0.1) is 0 Å². The van der Waals surface area contributed by atoms with Crippen LogP contribution in [0.4, 0.5) is 0 Å². The monoisotopic (exact) mass is 141 g/mol. The second kappa shape index (κ2) is 2.92. The molecule has 0 radical (unpaired) electrons. The van der Waals surface area contributed by atoms with E-state index in [-0.39, 0.29) is 0 Å². The van der Waals surface area contributed by atoms with Gasteiger partial charge in [0.05, 0.1) is 0 Å². The van der Waals surface area contributed by atoms with Crippen LogP contribution in [0.25, 0.3) is 0 Å². The van der Waals surface area contributed by atoms with Gasteiger partial charge in [-0.15, -0.1) is 0 Å². The summed E-state index contributed by atoms with van der Waals surface area (Å²) in [5, 5.41) is 0. The van der Waals surface area contributed by atoms with Gasteiger partial charge in [-0.2, -0.15) is 0 Å². The van der Waals surface area contributed by atoms with Crippen molar-refractivity contribution in [2.45, 2.75) is 0 Å². The molecule has 10 heavy (non-hydrogen) atoms.